The molecule has 20 heavy (non-hydrogen) atoms. The molecule has 0 spiro atoms. The second-order valence-corrected chi connectivity index (χ2v) is 8.51. The van der Waals surface area contributed by atoms with Gasteiger partial charge in [0.15, 0.2) is 0 Å². The molecule has 2 heterocycles. The fraction of sp³-hybridized carbons (Fsp3) is 0.714. The Labute approximate surface area is 138 Å². The average molecular weight is 376 g/mol. The van der Waals surface area contributed by atoms with Gasteiger partial charge in [0.1, 0.15) is 11.6 Å². The minimum atomic E-state index is 0.435. The molecule has 2 rings (SSSR count). The predicted molar refractivity (Wildman–Crippen MR) is 95.0 cm³/mol. The van der Waals surface area contributed by atoms with Crippen LogP contribution in [0.2, 0.25) is 0 Å². The molecule has 1 aliphatic rings. The van der Waals surface area contributed by atoms with Crippen LogP contribution in [0.5, 0.6) is 0 Å². The zero-order valence-electron chi connectivity index (χ0n) is 12.3. The lowest BCUT2D eigenvalue weighted by Gasteiger charge is -2.22. The Morgan fingerprint density at radius 1 is 1.35 bits per heavy atom. The summed E-state index contributed by atoms with van der Waals surface area (Å²) in [7, 11) is 0. The highest BCUT2D eigenvalue weighted by molar-refractivity contribution is 9.10. The van der Waals surface area contributed by atoms with E-state index < -0.39 is 0 Å². The largest absolute Gasteiger partial charge is 0.369 e. The monoisotopic (exact) mass is 375 g/mol. The summed E-state index contributed by atoms with van der Waals surface area (Å²) in [5.41, 5.74) is 1.14. The molecule has 1 saturated heterocycles. The molecule has 0 aliphatic carbocycles. The van der Waals surface area contributed by atoms with E-state index in [9.17, 15) is 0 Å². The maximum absolute atomic E-state index is 4.85. The molecule has 6 heteroatoms. The summed E-state index contributed by atoms with van der Waals surface area (Å²) in [6.45, 7) is 7.43. The number of halogens is 1. The molecule has 1 aromatic heterocycles. The standard InChI is InChI=1S/C14H22BrN3S2/c1-4-16-14-12(15)10(7-9(2)3)17-13(18-14)11-8-19-5-6-20-11/h9,11H,4-8H2,1-3H3,(H,16,17,18). The Balaban J connectivity index is 2.32. The van der Waals surface area contributed by atoms with Crippen molar-refractivity contribution in [2.75, 3.05) is 29.1 Å². The van der Waals surface area contributed by atoms with E-state index in [2.05, 4.69) is 42.0 Å². The molecular weight excluding hydrogens is 354 g/mol. The molecule has 1 fully saturated rings. The summed E-state index contributed by atoms with van der Waals surface area (Å²) in [4.78, 5) is 9.60. The summed E-state index contributed by atoms with van der Waals surface area (Å²) in [5.74, 6) is 6.11. The zero-order chi connectivity index (χ0) is 14.5. The first-order valence-corrected chi connectivity index (χ1v) is 10.1. The Kier molecular flexibility index (Phi) is 6.49. The van der Waals surface area contributed by atoms with Crippen LogP contribution < -0.4 is 5.32 Å². The Morgan fingerprint density at radius 3 is 2.75 bits per heavy atom. The number of thioether (sulfide) groups is 2. The number of hydrogen-bond donors (Lipinski definition) is 1. The quantitative estimate of drug-likeness (QED) is 0.825. The van der Waals surface area contributed by atoms with E-state index in [0.717, 1.165) is 40.5 Å². The van der Waals surface area contributed by atoms with Gasteiger partial charge in [-0.1, -0.05) is 13.8 Å². The van der Waals surface area contributed by atoms with Gasteiger partial charge in [0.05, 0.1) is 15.4 Å². The Hall–Kier alpha value is 0.0600. The Bertz CT molecular complexity index is 448. The fourth-order valence-electron chi connectivity index (χ4n) is 2.10. The maximum Gasteiger partial charge on any atom is 0.144 e. The number of aromatic nitrogens is 2. The first kappa shape index (κ1) is 16.4. The van der Waals surface area contributed by atoms with Crippen molar-refractivity contribution < 1.29 is 0 Å². The predicted octanol–water partition coefficient (Wildman–Crippen LogP) is 4.39. The third-order valence-electron chi connectivity index (χ3n) is 2.99. The van der Waals surface area contributed by atoms with Gasteiger partial charge >= 0.3 is 0 Å². The van der Waals surface area contributed by atoms with Crippen molar-refractivity contribution in [3.63, 3.8) is 0 Å². The van der Waals surface area contributed by atoms with Gasteiger partial charge in [-0.15, -0.1) is 11.8 Å². The number of rotatable bonds is 5. The average Bonchev–Trinajstić information content (AvgIpc) is 2.44. The van der Waals surface area contributed by atoms with E-state index in [1.54, 1.807) is 0 Å². The summed E-state index contributed by atoms with van der Waals surface area (Å²) in [6, 6.07) is 0. The van der Waals surface area contributed by atoms with Gasteiger partial charge in [0, 0.05) is 23.8 Å². The molecule has 1 aliphatic heterocycles. The van der Waals surface area contributed by atoms with Crippen molar-refractivity contribution in [3.8, 4) is 0 Å². The summed E-state index contributed by atoms with van der Waals surface area (Å²) < 4.78 is 1.03. The van der Waals surface area contributed by atoms with Gasteiger partial charge in [-0.25, -0.2) is 9.97 Å². The van der Waals surface area contributed by atoms with Crippen LogP contribution in [-0.2, 0) is 6.42 Å². The summed E-state index contributed by atoms with van der Waals surface area (Å²) in [6.07, 6.45) is 0.985. The number of nitrogens with one attached hydrogen (secondary N) is 1. The molecule has 112 valence electrons. The van der Waals surface area contributed by atoms with E-state index in [0.29, 0.717) is 11.2 Å². The second-order valence-electron chi connectivity index (χ2n) is 5.25. The molecule has 0 aromatic carbocycles. The number of nitrogens with zero attached hydrogens (tertiary/aromatic N) is 2. The zero-order valence-corrected chi connectivity index (χ0v) is 15.5. The van der Waals surface area contributed by atoms with E-state index in [4.69, 9.17) is 9.97 Å². The highest BCUT2D eigenvalue weighted by Crippen LogP contribution is 2.37. The van der Waals surface area contributed by atoms with Gasteiger partial charge < -0.3 is 5.32 Å². The van der Waals surface area contributed by atoms with Crippen molar-refractivity contribution >= 4 is 45.3 Å². The third-order valence-corrected chi connectivity index (χ3v) is 6.57. The van der Waals surface area contributed by atoms with Crippen LogP contribution in [0.3, 0.4) is 0 Å². The summed E-state index contributed by atoms with van der Waals surface area (Å²) >= 11 is 7.67. The van der Waals surface area contributed by atoms with Crippen LogP contribution in [0, 0.1) is 5.92 Å². The van der Waals surface area contributed by atoms with Crippen LogP contribution in [0.25, 0.3) is 0 Å². The molecule has 1 atom stereocenters. The summed E-state index contributed by atoms with van der Waals surface area (Å²) in [5, 5.41) is 3.79. The van der Waals surface area contributed by atoms with Crippen molar-refractivity contribution in [1.29, 1.82) is 0 Å². The van der Waals surface area contributed by atoms with Crippen LogP contribution in [0.1, 0.15) is 37.5 Å². The first-order valence-electron chi connectivity index (χ1n) is 7.11. The number of anilines is 1. The molecule has 1 aromatic rings. The van der Waals surface area contributed by atoms with Gasteiger partial charge in [-0.05, 0) is 35.2 Å². The van der Waals surface area contributed by atoms with E-state index in [1.165, 1.54) is 11.5 Å². The minimum Gasteiger partial charge on any atom is -0.369 e. The molecule has 0 saturated carbocycles. The topological polar surface area (TPSA) is 37.8 Å². The van der Waals surface area contributed by atoms with E-state index in [-0.39, 0.29) is 0 Å². The lowest BCUT2D eigenvalue weighted by Crippen LogP contribution is -2.15. The van der Waals surface area contributed by atoms with Gasteiger partial charge in [-0.2, -0.15) is 11.8 Å². The van der Waals surface area contributed by atoms with Crippen molar-refractivity contribution in [3.05, 3.63) is 16.0 Å². The molecule has 0 radical (unpaired) electrons. The van der Waals surface area contributed by atoms with Crippen LogP contribution >= 0.6 is 39.5 Å². The lowest BCUT2D eigenvalue weighted by molar-refractivity contribution is 0.628. The van der Waals surface area contributed by atoms with E-state index in [1.807, 2.05) is 23.5 Å². The molecular formula is C14H22BrN3S2. The van der Waals surface area contributed by atoms with Crippen molar-refractivity contribution in [1.82, 2.24) is 9.97 Å². The van der Waals surface area contributed by atoms with Crippen molar-refractivity contribution in [2.24, 2.45) is 5.92 Å². The molecule has 0 bridgehead atoms. The van der Waals surface area contributed by atoms with Gasteiger partial charge in [0.2, 0.25) is 0 Å². The smallest absolute Gasteiger partial charge is 0.144 e. The van der Waals surface area contributed by atoms with Gasteiger partial charge in [0.25, 0.3) is 0 Å². The normalized spacial score (nSPS) is 19.4. The van der Waals surface area contributed by atoms with Crippen LogP contribution in [0.15, 0.2) is 4.47 Å². The van der Waals surface area contributed by atoms with Gasteiger partial charge in [-0.3, -0.25) is 0 Å². The lowest BCUT2D eigenvalue weighted by atomic mass is 10.1. The molecule has 0 amide bonds. The molecule has 1 unspecified atom stereocenters. The minimum absolute atomic E-state index is 0.435. The van der Waals surface area contributed by atoms with Crippen LogP contribution in [-0.4, -0.2) is 33.8 Å². The highest BCUT2D eigenvalue weighted by atomic mass is 79.9. The molecule has 1 N–H and O–H groups in total. The third kappa shape index (κ3) is 4.28. The SMILES string of the molecule is CCNc1nc(C2CSCCS2)nc(CC(C)C)c1Br. The fourth-order valence-corrected chi connectivity index (χ4v) is 5.18. The second kappa shape index (κ2) is 7.90. The molecule has 3 nitrogen and oxygen atoms in total. The first-order chi connectivity index (χ1) is 9.61. The van der Waals surface area contributed by atoms with Crippen LogP contribution in [0.4, 0.5) is 5.82 Å². The number of hydrogen-bond acceptors (Lipinski definition) is 5. The van der Waals surface area contributed by atoms with E-state index >= 15 is 0 Å². The van der Waals surface area contributed by atoms with Crippen molar-refractivity contribution in [2.45, 2.75) is 32.4 Å². The Morgan fingerprint density at radius 2 is 2.15 bits per heavy atom. The highest BCUT2D eigenvalue weighted by Gasteiger charge is 2.22. The maximum atomic E-state index is 4.85.